The number of hydrogen-bond donors (Lipinski definition) is 2. The van der Waals surface area contributed by atoms with Crippen LogP contribution in [-0.2, 0) is 19.1 Å². The van der Waals surface area contributed by atoms with E-state index in [0.717, 1.165) is 4.90 Å². The fourth-order valence-electron chi connectivity index (χ4n) is 2.36. The number of hydrogen-bond acceptors (Lipinski definition) is 5. The second-order valence-electron chi connectivity index (χ2n) is 6.51. The van der Waals surface area contributed by atoms with Gasteiger partial charge in [0.15, 0.2) is 6.10 Å². The number of imide groups is 1. The van der Waals surface area contributed by atoms with Gasteiger partial charge in [-0.05, 0) is 39.0 Å². The van der Waals surface area contributed by atoms with Crippen molar-refractivity contribution in [1.82, 2.24) is 10.2 Å². The first-order valence-corrected chi connectivity index (χ1v) is 8.86. The Kier molecular flexibility index (Phi) is 6.33. The SMILES string of the molecule is CC(OC(=O)CCN1C(=O)NC(C)(C)C1=O)C(=O)Nc1cc(Cl)ccc1Cl. The average Bonchev–Trinajstić information content (AvgIpc) is 2.76. The maximum absolute atomic E-state index is 12.1. The van der Waals surface area contributed by atoms with Crippen LogP contribution < -0.4 is 10.6 Å². The lowest BCUT2D eigenvalue weighted by Crippen LogP contribution is -2.40. The molecular weight excluding hydrogens is 397 g/mol. The zero-order chi connectivity index (χ0) is 20.4. The lowest BCUT2D eigenvalue weighted by atomic mass is 10.1. The molecule has 2 N–H and O–H groups in total. The normalized spacial score (nSPS) is 16.7. The predicted octanol–water partition coefficient (Wildman–Crippen LogP) is 2.58. The molecule has 27 heavy (non-hydrogen) atoms. The van der Waals surface area contributed by atoms with Crippen molar-refractivity contribution in [3.05, 3.63) is 28.2 Å². The van der Waals surface area contributed by atoms with E-state index in [0.29, 0.717) is 10.7 Å². The number of carbonyl (C=O) groups is 4. The summed E-state index contributed by atoms with van der Waals surface area (Å²) in [5, 5.41) is 5.70. The van der Waals surface area contributed by atoms with E-state index in [1.165, 1.54) is 19.1 Å². The van der Waals surface area contributed by atoms with Crippen LogP contribution in [0.3, 0.4) is 0 Å². The van der Waals surface area contributed by atoms with Crippen molar-refractivity contribution >= 4 is 52.7 Å². The molecule has 1 aliphatic rings. The number of anilines is 1. The summed E-state index contributed by atoms with van der Waals surface area (Å²) >= 11 is 11.8. The van der Waals surface area contributed by atoms with Crippen molar-refractivity contribution in [3.63, 3.8) is 0 Å². The molecule has 2 rings (SSSR count). The lowest BCUT2D eigenvalue weighted by Gasteiger charge is -2.17. The Hall–Kier alpha value is -2.32. The predicted molar refractivity (Wildman–Crippen MR) is 99.6 cm³/mol. The lowest BCUT2D eigenvalue weighted by molar-refractivity contribution is -0.153. The van der Waals surface area contributed by atoms with Gasteiger partial charge < -0.3 is 15.4 Å². The summed E-state index contributed by atoms with van der Waals surface area (Å²) in [5.41, 5.74) is -0.719. The van der Waals surface area contributed by atoms with Gasteiger partial charge in [-0.25, -0.2) is 4.79 Å². The number of amides is 4. The summed E-state index contributed by atoms with van der Waals surface area (Å²) < 4.78 is 5.04. The molecule has 0 spiro atoms. The van der Waals surface area contributed by atoms with Crippen LogP contribution in [0.15, 0.2) is 18.2 Å². The maximum Gasteiger partial charge on any atom is 0.325 e. The van der Waals surface area contributed by atoms with Crippen molar-refractivity contribution in [1.29, 1.82) is 0 Å². The zero-order valence-electron chi connectivity index (χ0n) is 15.0. The molecule has 146 valence electrons. The highest BCUT2D eigenvalue weighted by molar-refractivity contribution is 6.35. The van der Waals surface area contributed by atoms with Crippen LogP contribution in [0.25, 0.3) is 0 Å². The second kappa shape index (κ2) is 8.14. The summed E-state index contributed by atoms with van der Waals surface area (Å²) in [6.45, 7) is 4.39. The summed E-state index contributed by atoms with van der Waals surface area (Å²) in [5.74, 6) is -1.74. The van der Waals surface area contributed by atoms with Crippen LogP contribution in [0, 0.1) is 0 Å². The molecule has 4 amide bonds. The highest BCUT2D eigenvalue weighted by Gasteiger charge is 2.44. The van der Waals surface area contributed by atoms with Gasteiger partial charge >= 0.3 is 12.0 Å². The second-order valence-corrected chi connectivity index (χ2v) is 7.35. The van der Waals surface area contributed by atoms with E-state index in [-0.39, 0.29) is 18.0 Å². The van der Waals surface area contributed by atoms with Gasteiger partial charge in [0.2, 0.25) is 0 Å². The summed E-state index contributed by atoms with van der Waals surface area (Å²) in [6, 6.07) is 3.99. The number of halogens is 2. The number of urea groups is 1. The van der Waals surface area contributed by atoms with E-state index < -0.39 is 35.5 Å². The zero-order valence-corrected chi connectivity index (χ0v) is 16.5. The van der Waals surface area contributed by atoms with E-state index in [9.17, 15) is 19.2 Å². The molecule has 1 aliphatic heterocycles. The molecule has 0 bridgehead atoms. The minimum absolute atomic E-state index is 0.138. The van der Waals surface area contributed by atoms with Gasteiger partial charge in [0.25, 0.3) is 11.8 Å². The number of carbonyl (C=O) groups excluding carboxylic acids is 4. The van der Waals surface area contributed by atoms with Gasteiger partial charge in [-0.1, -0.05) is 23.2 Å². The number of rotatable bonds is 6. The van der Waals surface area contributed by atoms with Crippen molar-refractivity contribution < 1.29 is 23.9 Å². The van der Waals surface area contributed by atoms with Gasteiger partial charge in [0.1, 0.15) is 5.54 Å². The molecule has 1 atom stereocenters. The Labute approximate surface area is 166 Å². The quantitative estimate of drug-likeness (QED) is 0.548. The molecule has 10 heteroatoms. The van der Waals surface area contributed by atoms with Crippen molar-refractivity contribution in [2.24, 2.45) is 0 Å². The average molecular weight is 416 g/mol. The van der Waals surface area contributed by atoms with Crippen LogP contribution in [-0.4, -0.2) is 46.9 Å². The smallest absolute Gasteiger partial charge is 0.325 e. The van der Waals surface area contributed by atoms with Crippen LogP contribution in [0.2, 0.25) is 10.0 Å². The third-order valence-electron chi connectivity index (χ3n) is 3.85. The summed E-state index contributed by atoms with van der Waals surface area (Å²) in [7, 11) is 0. The van der Waals surface area contributed by atoms with Gasteiger partial charge in [-0.3, -0.25) is 19.3 Å². The standard InChI is InChI=1S/C17H19Cl2N3O5/c1-9(14(24)20-12-8-10(18)4-5-11(12)19)27-13(23)6-7-22-15(25)17(2,3)21-16(22)26/h4-5,8-9H,6-7H2,1-3H3,(H,20,24)(H,21,26). The third kappa shape index (κ3) is 5.11. The first-order valence-electron chi connectivity index (χ1n) is 8.11. The molecule has 1 aromatic rings. The topological polar surface area (TPSA) is 105 Å². The monoisotopic (exact) mass is 415 g/mol. The van der Waals surface area contributed by atoms with Crippen LogP contribution in [0.4, 0.5) is 10.5 Å². The minimum Gasteiger partial charge on any atom is -0.452 e. The Balaban J connectivity index is 1.86. The molecule has 8 nitrogen and oxygen atoms in total. The molecule has 0 aliphatic carbocycles. The Morgan fingerprint density at radius 2 is 1.96 bits per heavy atom. The fraction of sp³-hybridized carbons (Fsp3) is 0.412. The van der Waals surface area contributed by atoms with E-state index in [4.69, 9.17) is 27.9 Å². The highest BCUT2D eigenvalue weighted by atomic mass is 35.5. The molecule has 0 saturated carbocycles. The number of nitrogens with zero attached hydrogens (tertiary/aromatic N) is 1. The van der Waals surface area contributed by atoms with Crippen LogP contribution >= 0.6 is 23.2 Å². The first-order chi connectivity index (χ1) is 12.5. The molecule has 1 fully saturated rings. The van der Waals surface area contributed by atoms with Gasteiger partial charge in [0, 0.05) is 11.6 Å². The van der Waals surface area contributed by atoms with E-state index in [2.05, 4.69) is 10.6 Å². The first kappa shape index (κ1) is 21.0. The molecule has 1 heterocycles. The fourth-order valence-corrected chi connectivity index (χ4v) is 2.70. The number of nitrogens with one attached hydrogen (secondary N) is 2. The van der Waals surface area contributed by atoms with Crippen molar-refractivity contribution in [2.75, 3.05) is 11.9 Å². The van der Waals surface area contributed by atoms with Crippen LogP contribution in [0.5, 0.6) is 0 Å². The van der Waals surface area contributed by atoms with Gasteiger partial charge in [0.05, 0.1) is 17.1 Å². The summed E-state index contributed by atoms with van der Waals surface area (Å²) in [4.78, 5) is 48.8. The van der Waals surface area contributed by atoms with Crippen LogP contribution in [0.1, 0.15) is 27.2 Å². The van der Waals surface area contributed by atoms with Crippen molar-refractivity contribution in [3.8, 4) is 0 Å². The van der Waals surface area contributed by atoms with Gasteiger partial charge in [-0.2, -0.15) is 0 Å². The molecule has 1 saturated heterocycles. The maximum atomic E-state index is 12.1. The number of benzene rings is 1. The minimum atomic E-state index is -1.10. The van der Waals surface area contributed by atoms with E-state index >= 15 is 0 Å². The highest BCUT2D eigenvalue weighted by Crippen LogP contribution is 2.25. The summed E-state index contributed by atoms with van der Waals surface area (Å²) in [6.07, 6.45) is -1.34. The third-order valence-corrected chi connectivity index (χ3v) is 4.41. The molecular formula is C17H19Cl2N3O5. The van der Waals surface area contributed by atoms with E-state index in [1.807, 2.05) is 0 Å². The van der Waals surface area contributed by atoms with E-state index in [1.54, 1.807) is 19.9 Å². The Morgan fingerprint density at radius 3 is 2.56 bits per heavy atom. The molecule has 0 radical (unpaired) electrons. The molecule has 1 aromatic carbocycles. The largest absolute Gasteiger partial charge is 0.452 e. The van der Waals surface area contributed by atoms with Crippen molar-refractivity contribution in [2.45, 2.75) is 38.8 Å². The number of ether oxygens (including phenoxy) is 1. The number of esters is 1. The molecule has 1 unspecified atom stereocenters. The molecule has 0 aromatic heterocycles. The Morgan fingerprint density at radius 1 is 1.30 bits per heavy atom. The van der Waals surface area contributed by atoms with Gasteiger partial charge in [-0.15, -0.1) is 0 Å². The Bertz CT molecular complexity index is 797.